The molecule has 0 saturated heterocycles. The molecule has 136 valence electrons. The Morgan fingerprint density at radius 1 is 1.27 bits per heavy atom. The lowest BCUT2D eigenvalue weighted by Gasteiger charge is -2.05. The van der Waals surface area contributed by atoms with Gasteiger partial charge in [-0.05, 0) is 42.8 Å². The minimum Gasteiger partial charge on any atom is -0.380 e. The van der Waals surface area contributed by atoms with E-state index in [1.165, 1.54) is 23.5 Å². The van der Waals surface area contributed by atoms with E-state index in [9.17, 15) is 9.18 Å². The molecule has 0 N–H and O–H groups in total. The zero-order valence-corrected chi connectivity index (χ0v) is 16.6. The van der Waals surface area contributed by atoms with E-state index in [1.807, 2.05) is 29.7 Å². The van der Waals surface area contributed by atoms with E-state index < -0.39 is 0 Å². The van der Waals surface area contributed by atoms with Crippen molar-refractivity contribution in [1.29, 1.82) is 0 Å². The fraction of sp³-hybridized carbons (Fsp3) is 0.263. The quantitative estimate of drug-likeness (QED) is 0.540. The number of hydrogen-bond acceptors (Lipinski definition) is 3. The molecular formula is C19H18BrFN2O2S. The summed E-state index contributed by atoms with van der Waals surface area (Å²) in [6, 6.07) is 11.9. The van der Waals surface area contributed by atoms with Gasteiger partial charge in [-0.15, -0.1) is 0 Å². The third-order valence-electron chi connectivity index (χ3n) is 3.80. The minimum atomic E-state index is -0.318. The predicted molar refractivity (Wildman–Crippen MR) is 105 cm³/mol. The Labute approximate surface area is 163 Å². The smallest absolute Gasteiger partial charge is 0.252 e. The summed E-state index contributed by atoms with van der Waals surface area (Å²) in [4.78, 5) is 17.3. The van der Waals surface area contributed by atoms with Gasteiger partial charge >= 0.3 is 0 Å². The molecule has 0 aliphatic rings. The predicted octanol–water partition coefficient (Wildman–Crippen LogP) is 4.31. The molecule has 1 aromatic heterocycles. The summed E-state index contributed by atoms with van der Waals surface area (Å²) in [5.74, 6) is -0.575. The van der Waals surface area contributed by atoms with Gasteiger partial charge in [-0.25, -0.2) is 4.39 Å². The number of nitrogens with zero attached hydrogens (tertiary/aromatic N) is 2. The number of rotatable bonds is 6. The van der Waals surface area contributed by atoms with E-state index in [0.29, 0.717) is 24.6 Å². The van der Waals surface area contributed by atoms with E-state index in [1.54, 1.807) is 12.1 Å². The summed E-state index contributed by atoms with van der Waals surface area (Å²) in [7, 11) is 0. The number of fused-ring (bicyclic) bond motifs is 1. The first-order valence-corrected chi connectivity index (χ1v) is 9.86. The summed E-state index contributed by atoms with van der Waals surface area (Å²) in [5, 5.41) is 0. The lowest BCUT2D eigenvalue weighted by molar-refractivity contribution is -0.117. The first-order valence-electron chi connectivity index (χ1n) is 8.25. The van der Waals surface area contributed by atoms with E-state index >= 15 is 0 Å². The molecule has 0 fully saturated rings. The van der Waals surface area contributed by atoms with Gasteiger partial charge < -0.3 is 9.30 Å². The van der Waals surface area contributed by atoms with E-state index in [0.717, 1.165) is 20.3 Å². The van der Waals surface area contributed by atoms with Crippen LogP contribution in [0.3, 0.4) is 0 Å². The molecule has 26 heavy (non-hydrogen) atoms. The average molecular weight is 437 g/mol. The number of aromatic nitrogens is 1. The summed E-state index contributed by atoms with van der Waals surface area (Å²) in [6.07, 6.45) is 0.143. The summed E-state index contributed by atoms with van der Waals surface area (Å²) >= 11 is 4.94. The van der Waals surface area contributed by atoms with Gasteiger partial charge in [0.15, 0.2) is 4.80 Å². The highest BCUT2D eigenvalue weighted by Crippen LogP contribution is 2.22. The van der Waals surface area contributed by atoms with Crippen molar-refractivity contribution < 1.29 is 13.9 Å². The van der Waals surface area contributed by atoms with Crippen LogP contribution in [-0.2, 0) is 22.5 Å². The van der Waals surface area contributed by atoms with Crippen LogP contribution in [0.4, 0.5) is 4.39 Å². The number of hydrogen-bond donors (Lipinski definition) is 0. The Morgan fingerprint density at radius 3 is 2.77 bits per heavy atom. The van der Waals surface area contributed by atoms with Gasteiger partial charge in [0.25, 0.3) is 5.91 Å². The molecule has 3 rings (SSSR count). The molecule has 2 aromatic carbocycles. The van der Waals surface area contributed by atoms with Gasteiger partial charge in [0.1, 0.15) is 5.82 Å². The average Bonchev–Trinajstić information content (AvgIpc) is 2.93. The second kappa shape index (κ2) is 8.70. The normalized spacial score (nSPS) is 12.0. The van der Waals surface area contributed by atoms with Crippen LogP contribution < -0.4 is 4.80 Å². The topological polar surface area (TPSA) is 43.6 Å². The lowest BCUT2D eigenvalue weighted by atomic mass is 10.1. The fourth-order valence-electron chi connectivity index (χ4n) is 2.57. The van der Waals surface area contributed by atoms with Crippen molar-refractivity contribution in [1.82, 2.24) is 4.57 Å². The standard InChI is InChI=1S/C19H18BrFN2O2S/c1-2-25-10-9-23-16-8-5-14(20)12-17(16)26-19(23)22-18(24)11-13-3-6-15(21)7-4-13/h3-8,12H,2,9-11H2,1H3. The molecular weight excluding hydrogens is 419 g/mol. The van der Waals surface area contributed by atoms with Crippen LogP contribution in [0.25, 0.3) is 10.2 Å². The number of amides is 1. The highest BCUT2D eigenvalue weighted by molar-refractivity contribution is 9.10. The lowest BCUT2D eigenvalue weighted by Crippen LogP contribution is -2.20. The largest absolute Gasteiger partial charge is 0.380 e. The van der Waals surface area contributed by atoms with Gasteiger partial charge in [0.05, 0.1) is 23.2 Å². The maximum atomic E-state index is 13.0. The highest BCUT2D eigenvalue weighted by Gasteiger charge is 2.09. The van der Waals surface area contributed by atoms with Gasteiger partial charge in [-0.3, -0.25) is 4.79 Å². The Morgan fingerprint density at radius 2 is 2.04 bits per heavy atom. The van der Waals surface area contributed by atoms with Crippen molar-refractivity contribution in [2.75, 3.05) is 13.2 Å². The minimum absolute atomic E-state index is 0.143. The molecule has 4 nitrogen and oxygen atoms in total. The molecule has 0 aliphatic carbocycles. The second-order valence-corrected chi connectivity index (χ2v) is 7.58. The van der Waals surface area contributed by atoms with E-state index in [4.69, 9.17) is 4.74 Å². The molecule has 7 heteroatoms. The van der Waals surface area contributed by atoms with Crippen LogP contribution in [-0.4, -0.2) is 23.7 Å². The van der Waals surface area contributed by atoms with Crippen LogP contribution in [0.1, 0.15) is 12.5 Å². The van der Waals surface area contributed by atoms with Crippen molar-refractivity contribution in [3.05, 3.63) is 63.1 Å². The summed E-state index contributed by atoms with van der Waals surface area (Å²) in [6.45, 7) is 3.77. The highest BCUT2D eigenvalue weighted by atomic mass is 79.9. The second-order valence-electron chi connectivity index (χ2n) is 5.65. The summed E-state index contributed by atoms with van der Waals surface area (Å²) < 4.78 is 22.5. The Hall–Kier alpha value is -1.83. The molecule has 0 saturated carbocycles. The van der Waals surface area contributed by atoms with Crippen LogP contribution in [0.15, 0.2) is 51.9 Å². The van der Waals surface area contributed by atoms with Crippen LogP contribution in [0.2, 0.25) is 0 Å². The molecule has 0 aliphatic heterocycles. The number of benzene rings is 2. The third kappa shape index (κ3) is 4.66. The third-order valence-corrected chi connectivity index (χ3v) is 5.33. The van der Waals surface area contributed by atoms with Crippen LogP contribution in [0.5, 0.6) is 0 Å². The van der Waals surface area contributed by atoms with E-state index in [-0.39, 0.29) is 18.1 Å². The molecule has 0 spiro atoms. The van der Waals surface area contributed by atoms with Crippen molar-refractivity contribution in [2.24, 2.45) is 4.99 Å². The molecule has 1 amide bonds. The van der Waals surface area contributed by atoms with Crippen molar-refractivity contribution in [3.63, 3.8) is 0 Å². The molecule has 0 unspecified atom stereocenters. The molecule has 0 radical (unpaired) electrons. The zero-order chi connectivity index (χ0) is 18.5. The number of thiazole rings is 1. The maximum absolute atomic E-state index is 13.0. The number of ether oxygens (including phenoxy) is 1. The van der Waals surface area contributed by atoms with Crippen LogP contribution in [0, 0.1) is 5.82 Å². The number of carbonyl (C=O) groups is 1. The molecule has 0 atom stereocenters. The molecule has 1 heterocycles. The Kier molecular flexibility index (Phi) is 6.34. The summed E-state index contributed by atoms with van der Waals surface area (Å²) in [5.41, 5.74) is 1.76. The Bertz CT molecular complexity index is 979. The van der Waals surface area contributed by atoms with Crippen molar-refractivity contribution in [2.45, 2.75) is 19.9 Å². The van der Waals surface area contributed by atoms with Gasteiger partial charge in [0.2, 0.25) is 0 Å². The zero-order valence-electron chi connectivity index (χ0n) is 14.2. The number of carbonyl (C=O) groups excluding carboxylic acids is 1. The molecule has 0 bridgehead atoms. The first kappa shape index (κ1) is 18.9. The maximum Gasteiger partial charge on any atom is 0.252 e. The van der Waals surface area contributed by atoms with E-state index in [2.05, 4.69) is 20.9 Å². The van der Waals surface area contributed by atoms with Crippen LogP contribution >= 0.6 is 27.3 Å². The fourth-order valence-corrected chi connectivity index (χ4v) is 4.20. The van der Waals surface area contributed by atoms with Gasteiger partial charge in [-0.2, -0.15) is 4.99 Å². The Balaban J connectivity index is 1.93. The SMILES string of the molecule is CCOCCn1c(=NC(=O)Cc2ccc(F)cc2)sc2cc(Br)ccc21. The van der Waals surface area contributed by atoms with Gasteiger partial charge in [-0.1, -0.05) is 39.4 Å². The van der Waals surface area contributed by atoms with Crippen molar-refractivity contribution in [3.8, 4) is 0 Å². The first-order chi connectivity index (χ1) is 12.6. The van der Waals surface area contributed by atoms with Crippen molar-refractivity contribution >= 4 is 43.4 Å². The number of halogens is 2. The monoisotopic (exact) mass is 436 g/mol. The van der Waals surface area contributed by atoms with Gasteiger partial charge in [0, 0.05) is 17.6 Å². The molecule has 3 aromatic rings.